The Hall–Kier alpha value is -2.08. The molecular weight excluding hydrogens is 272 g/mol. The lowest BCUT2D eigenvalue weighted by Crippen LogP contribution is -2.46. The van der Waals surface area contributed by atoms with Gasteiger partial charge < -0.3 is 15.0 Å². The first-order chi connectivity index (χ1) is 9.86. The fourth-order valence-corrected chi connectivity index (χ4v) is 3.17. The summed E-state index contributed by atoms with van der Waals surface area (Å²) in [5.41, 5.74) is 1.28. The average molecular weight is 288 g/mol. The number of hydrogen-bond donors (Lipinski definition) is 1. The van der Waals surface area contributed by atoms with Gasteiger partial charge in [0.25, 0.3) is 0 Å². The molecule has 0 spiro atoms. The van der Waals surface area contributed by atoms with Crippen LogP contribution in [0.5, 0.6) is 0 Å². The van der Waals surface area contributed by atoms with Crippen LogP contribution in [0.4, 0.5) is 10.8 Å². The number of hydrogen-bond acceptors (Lipinski definition) is 6. The second-order valence-corrected chi connectivity index (χ2v) is 5.64. The topological polar surface area (TPSA) is 52.0 Å². The zero-order chi connectivity index (χ0) is 13.8. The molecule has 1 N–H and O–H groups in total. The summed E-state index contributed by atoms with van der Waals surface area (Å²) in [5.74, 6) is 0. The van der Waals surface area contributed by atoms with E-state index in [4.69, 9.17) is 5.21 Å². The first kappa shape index (κ1) is 12.9. The maximum Gasteiger partial charge on any atom is 0.185 e. The fourth-order valence-electron chi connectivity index (χ4n) is 2.33. The van der Waals surface area contributed by atoms with Crippen molar-refractivity contribution in [1.82, 2.24) is 4.98 Å². The molecule has 0 atom stereocenters. The third-order valence-electron chi connectivity index (χ3n) is 3.37. The summed E-state index contributed by atoms with van der Waals surface area (Å²) < 4.78 is 0. The van der Waals surface area contributed by atoms with Gasteiger partial charge >= 0.3 is 0 Å². The molecule has 0 aliphatic carbocycles. The number of para-hydroxylation sites is 1. The minimum atomic E-state index is 0.869. The molecule has 1 aliphatic rings. The Morgan fingerprint density at radius 3 is 2.50 bits per heavy atom. The van der Waals surface area contributed by atoms with E-state index in [1.54, 1.807) is 17.5 Å². The van der Waals surface area contributed by atoms with E-state index in [1.165, 1.54) is 11.9 Å². The summed E-state index contributed by atoms with van der Waals surface area (Å²) in [5, 5.41) is 12.6. The molecule has 20 heavy (non-hydrogen) atoms. The van der Waals surface area contributed by atoms with Gasteiger partial charge in [0, 0.05) is 38.1 Å². The van der Waals surface area contributed by atoms with Crippen molar-refractivity contribution in [3.8, 4) is 0 Å². The molecule has 1 fully saturated rings. The molecule has 6 heteroatoms. The summed E-state index contributed by atoms with van der Waals surface area (Å²) in [6.45, 7) is 3.90. The van der Waals surface area contributed by atoms with E-state index >= 15 is 0 Å². The summed E-state index contributed by atoms with van der Waals surface area (Å²) in [6, 6.07) is 10.5. The standard InChI is InChI=1S/C14H16N4OS/c19-16-11-13-10-15-14(20-13)18-8-6-17(7-9-18)12-4-2-1-3-5-12/h1-5,10-11,19H,6-9H2. The molecule has 1 aliphatic heterocycles. The number of rotatable bonds is 3. The summed E-state index contributed by atoms with van der Waals surface area (Å²) >= 11 is 1.55. The predicted octanol–water partition coefficient (Wildman–Crippen LogP) is 2.28. The third kappa shape index (κ3) is 2.75. The van der Waals surface area contributed by atoms with Crippen LogP contribution < -0.4 is 9.80 Å². The van der Waals surface area contributed by atoms with Crippen LogP contribution in [0.1, 0.15) is 4.88 Å². The molecule has 2 aromatic rings. The molecule has 3 rings (SSSR count). The maximum absolute atomic E-state index is 8.53. The summed E-state index contributed by atoms with van der Waals surface area (Å²) in [6.07, 6.45) is 3.16. The lowest BCUT2D eigenvalue weighted by atomic mass is 10.2. The van der Waals surface area contributed by atoms with E-state index in [1.807, 2.05) is 6.07 Å². The average Bonchev–Trinajstić information content (AvgIpc) is 2.97. The molecule has 1 aromatic carbocycles. The van der Waals surface area contributed by atoms with Crippen LogP contribution in [0.2, 0.25) is 0 Å². The van der Waals surface area contributed by atoms with Gasteiger partial charge in [-0.05, 0) is 12.1 Å². The van der Waals surface area contributed by atoms with Gasteiger partial charge in [-0.3, -0.25) is 0 Å². The first-order valence-corrected chi connectivity index (χ1v) is 7.36. The van der Waals surface area contributed by atoms with E-state index in [2.05, 4.69) is 44.2 Å². The second kappa shape index (κ2) is 5.92. The Kier molecular flexibility index (Phi) is 3.83. The molecule has 0 unspecified atom stereocenters. The van der Waals surface area contributed by atoms with E-state index in [0.29, 0.717) is 0 Å². The van der Waals surface area contributed by atoms with Crippen molar-refractivity contribution < 1.29 is 5.21 Å². The Labute approximate surface area is 121 Å². The minimum Gasteiger partial charge on any atom is -0.411 e. The van der Waals surface area contributed by atoms with Crippen molar-refractivity contribution >= 4 is 28.4 Å². The van der Waals surface area contributed by atoms with E-state index < -0.39 is 0 Å². The van der Waals surface area contributed by atoms with Crippen molar-refractivity contribution in [3.63, 3.8) is 0 Å². The predicted molar refractivity (Wildman–Crippen MR) is 82.4 cm³/mol. The molecule has 2 heterocycles. The van der Waals surface area contributed by atoms with E-state index in [-0.39, 0.29) is 0 Å². The third-order valence-corrected chi connectivity index (χ3v) is 4.36. The van der Waals surface area contributed by atoms with Gasteiger partial charge in [-0.15, -0.1) is 0 Å². The van der Waals surface area contributed by atoms with Crippen molar-refractivity contribution in [2.75, 3.05) is 36.0 Å². The molecule has 1 aromatic heterocycles. The minimum absolute atomic E-state index is 0.869. The van der Waals surface area contributed by atoms with Crippen LogP contribution in [-0.4, -0.2) is 42.6 Å². The fraction of sp³-hybridized carbons (Fsp3) is 0.286. The Morgan fingerprint density at radius 1 is 1.10 bits per heavy atom. The van der Waals surface area contributed by atoms with E-state index in [9.17, 15) is 0 Å². The SMILES string of the molecule is ON=Cc1cnc(N2CCN(c3ccccc3)CC2)s1. The van der Waals surface area contributed by atoms with Crippen LogP contribution in [0.3, 0.4) is 0 Å². The van der Waals surface area contributed by atoms with Gasteiger partial charge in [-0.25, -0.2) is 4.98 Å². The zero-order valence-corrected chi connectivity index (χ0v) is 11.8. The van der Waals surface area contributed by atoms with Gasteiger partial charge in [0.05, 0.1) is 11.1 Å². The Morgan fingerprint density at radius 2 is 1.80 bits per heavy atom. The highest BCUT2D eigenvalue weighted by atomic mass is 32.1. The number of piperazine rings is 1. The van der Waals surface area contributed by atoms with Crippen LogP contribution in [-0.2, 0) is 0 Å². The van der Waals surface area contributed by atoms with Crippen LogP contribution in [0.25, 0.3) is 0 Å². The van der Waals surface area contributed by atoms with Crippen molar-refractivity contribution in [2.24, 2.45) is 5.16 Å². The molecule has 104 valence electrons. The second-order valence-electron chi connectivity index (χ2n) is 4.60. The van der Waals surface area contributed by atoms with Crippen molar-refractivity contribution in [2.45, 2.75) is 0 Å². The van der Waals surface area contributed by atoms with Crippen molar-refractivity contribution in [3.05, 3.63) is 41.4 Å². The van der Waals surface area contributed by atoms with Crippen LogP contribution >= 0.6 is 11.3 Å². The molecule has 0 saturated carbocycles. The van der Waals surface area contributed by atoms with Crippen molar-refractivity contribution in [1.29, 1.82) is 0 Å². The van der Waals surface area contributed by atoms with Gasteiger partial charge in [0.15, 0.2) is 5.13 Å². The molecule has 0 radical (unpaired) electrons. The van der Waals surface area contributed by atoms with Gasteiger partial charge in [0.1, 0.15) is 0 Å². The number of aromatic nitrogens is 1. The number of nitrogens with zero attached hydrogens (tertiary/aromatic N) is 4. The molecule has 0 bridgehead atoms. The Balaban J connectivity index is 1.63. The van der Waals surface area contributed by atoms with Crippen LogP contribution in [0.15, 0.2) is 41.7 Å². The monoisotopic (exact) mass is 288 g/mol. The van der Waals surface area contributed by atoms with Gasteiger partial charge in [0.2, 0.25) is 0 Å². The molecule has 1 saturated heterocycles. The summed E-state index contributed by atoms with van der Waals surface area (Å²) in [4.78, 5) is 9.91. The lowest BCUT2D eigenvalue weighted by Gasteiger charge is -2.35. The molecular formula is C14H16N4OS. The zero-order valence-electron chi connectivity index (χ0n) is 11.0. The number of anilines is 2. The first-order valence-electron chi connectivity index (χ1n) is 6.55. The molecule has 0 amide bonds. The van der Waals surface area contributed by atoms with Crippen LogP contribution in [0, 0.1) is 0 Å². The number of benzene rings is 1. The number of thiazole rings is 1. The highest BCUT2D eigenvalue weighted by Gasteiger charge is 2.19. The van der Waals surface area contributed by atoms with Gasteiger partial charge in [-0.1, -0.05) is 34.7 Å². The quantitative estimate of drug-likeness (QED) is 0.535. The maximum atomic E-state index is 8.53. The van der Waals surface area contributed by atoms with E-state index in [0.717, 1.165) is 36.2 Å². The Bertz CT molecular complexity index is 576. The highest BCUT2D eigenvalue weighted by molar-refractivity contribution is 7.17. The highest BCUT2D eigenvalue weighted by Crippen LogP contribution is 2.24. The molecule has 5 nitrogen and oxygen atoms in total. The largest absolute Gasteiger partial charge is 0.411 e. The smallest absolute Gasteiger partial charge is 0.185 e. The van der Waals surface area contributed by atoms with Gasteiger partial charge in [-0.2, -0.15) is 0 Å². The lowest BCUT2D eigenvalue weighted by molar-refractivity contribution is 0.322. The summed E-state index contributed by atoms with van der Waals surface area (Å²) in [7, 11) is 0. The normalized spacial score (nSPS) is 16.0. The number of oxime groups is 1.